The number of hydrogen-bond donors (Lipinski definition) is 4. The van der Waals surface area contributed by atoms with E-state index in [1.807, 2.05) is 11.8 Å². The fourth-order valence-corrected chi connectivity index (χ4v) is 2.91. The summed E-state index contributed by atoms with van der Waals surface area (Å²) >= 11 is 0. The van der Waals surface area contributed by atoms with E-state index in [2.05, 4.69) is 10.6 Å². The quantitative estimate of drug-likeness (QED) is 0.545. The molecule has 5 N–H and O–H groups in total. The number of urea groups is 1. The van der Waals surface area contributed by atoms with Gasteiger partial charge in [-0.2, -0.15) is 0 Å². The molecule has 0 aromatic heterocycles. The predicted octanol–water partition coefficient (Wildman–Crippen LogP) is 0.522. The summed E-state index contributed by atoms with van der Waals surface area (Å²) in [7, 11) is 0. The largest absolute Gasteiger partial charge is 0.480 e. The molecule has 0 spiro atoms. The SMILES string of the molecule is CCN(CC(=O)O)C1CC(NC(=O)c2ccc(CNC(N)=O)cc2)C1. The number of benzene rings is 1. The smallest absolute Gasteiger partial charge is 0.317 e. The van der Waals surface area contributed by atoms with E-state index >= 15 is 0 Å². The molecule has 0 heterocycles. The molecule has 0 saturated heterocycles. The fourth-order valence-electron chi connectivity index (χ4n) is 2.91. The van der Waals surface area contributed by atoms with Gasteiger partial charge in [-0.05, 0) is 37.1 Å². The number of hydrogen-bond acceptors (Lipinski definition) is 4. The Labute approximate surface area is 146 Å². The van der Waals surface area contributed by atoms with Crippen LogP contribution in [0.2, 0.25) is 0 Å². The van der Waals surface area contributed by atoms with Crippen molar-refractivity contribution in [2.45, 2.75) is 38.4 Å². The van der Waals surface area contributed by atoms with Crippen LogP contribution >= 0.6 is 0 Å². The molecule has 0 unspecified atom stereocenters. The van der Waals surface area contributed by atoms with Crippen LogP contribution in [0.25, 0.3) is 0 Å². The van der Waals surface area contributed by atoms with Gasteiger partial charge < -0.3 is 21.5 Å². The van der Waals surface area contributed by atoms with Gasteiger partial charge in [-0.1, -0.05) is 19.1 Å². The van der Waals surface area contributed by atoms with Crippen molar-refractivity contribution < 1.29 is 19.5 Å². The highest BCUT2D eigenvalue weighted by atomic mass is 16.4. The summed E-state index contributed by atoms with van der Waals surface area (Å²) in [5, 5.41) is 14.3. The highest BCUT2D eigenvalue weighted by molar-refractivity contribution is 5.94. The molecule has 136 valence electrons. The Morgan fingerprint density at radius 2 is 1.88 bits per heavy atom. The third-order valence-electron chi connectivity index (χ3n) is 4.39. The van der Waals surface area contributed by atoms with Gasteiger partial charge in [-0.15, -0.1) is 0 Å². The second-order valence-electron chi connectivity index (χ2n) is 6.17. The first-order valence-corrected chi connectivity index (χ1v) is 8.28. The van der Waals surface area contributed by atoms with Gasteiger partial charge in [0, 0.05) is 24.2 Å². The van der Waals surface area contributed by atoms with Crippen LogP contribution in [0.15, 0.2) is 24.3 Å². The van der Waals surface area contributed by atoms with Crippen molar-refractivity contribution in [1.82, 2.24) is 15.5 Å². The molecule has 1 saturated carbocycles. The number of rotatable bonds is 8. The van der Waals surface area contributed by atoms with E-state index in [4.69, 9.17) is 10.8 Å². The molecule has 1 aliphatic rings. The maximum Gasteiger partial charge on any atom is 0.317 e. The maximum atomic E-state index is 12.2. The van der Waals surface area contributed by atoms with Crippen LogP contribution in [0, 0.1) is 0 Å². The highest BCUT2D eigenvalue weighted by Crippen LogP contribution is 2.25. The van der Waals surface area contributed by atoms with Crippen LogP contribution < -0.4 is 16.4 Å². The molecule has 1 aromatic carbocycles. The molecule has 1 aromatic rings. The lowest BCUT2D eigenvalue weighted by Gasteiger charge is -2.42. The van der Waals surface area contributed by atoms with Gasteiger partial charge in [-0.25, -0.2) is 4.79 Å². The van der Waals surface area contributed by atoms with E-state index in [9.17, 15) is 14.4 Å². The zero-order valence-corrected chi connectivity index (χ0v) is 14.2. The van der Waals surface area contributed by atoms with Crippen molar-refractivity contribution in [3.8, 4) is 0 Å². The number of primary amides is 1. The topological polar surface area (TPSA) is 125 Å². The first-order chi connectivity index (χ1) is 11.9. The highest BCUT2D eigenvalue weighted by Gasteiger charge is 2.34. The molecule has 8 nitrogen and oxygen atoms in total. The molecule has 0 radical (unpaired) electrons. The second kappa shape index (κ2) is 8.48. The molecule has 2 rings (SSSR count). The van der Waals surface area contributed by atoms with Crippen molar-refractivity contribution in [2.24, 2.45) is 5.73 Å². The average molecular weight is 348 g/mol. The number of amides is 3. The molecule has 3 amide bonds. The van der Waals surface area contributed by atoms with Crippen molar-refractivity contribution >= 4 is 17.9 Å². The molecular weight excluding hydrogens is 324 g/mol. The zero-order valence-electron chi connectivity index (χ0n) is 14.2. The summed E-state index contributed by atoms with van der Waals surface area (Å²) in [5.41, 5.74) is 6.41. The number of likely N-dealkylation sites (N-methyl/N-ethyl adjacent to an activating group) is 1. The second-order valence-corrected chi connectivity index (χ2v) is 6.17. The van der Waals surface area contributed by atoms with Crippen molar-refractivity contribution in [3.63, 3.8) is 0 Å². The lowest BCUT2D eigenvalue weighted by Crippen LogP contribution is -2.54. The Hall–Kier alpha value is -2.61. The molecule has 25 heavy (non-hydrogen) atoms. The summed E-state index contributed by atoms with van der Waals surface area (Å²) in [4.78, 5) is 35.7. The number of aliphatic carboxylic acids is 1. The number of nitrogens with two attached hydrogens (primary N) is 1. The lowest BCUT2D eigenvalue weighted by molar-refractivity contribution is -0.139. The molecule has 0 atom stereocenters. The van der Waals surface area contributed by atoms with Crippen molar-refractivity contribution in [2.75, 3.05) is 13.1 Å². The minimum absolute atomic E-state index is 0.0304. The summed E-state index contributed by atoms with van der Waals surface area (Å²) < 4.78 is 0. The van der Waals surface area contributed by atoms with Crippen molar-refractivity contribution in [3.05, 3.63) is 35.4 Å². The lowest BCUT2D eigenvalue weighted by atomic mass is 9.85. The Morgan fingerprint density at radius 1 is 1.24 bits per heavy atom. The van der Waals surface area contributed by atoms with Gasteiger partial charge in [0.15, 0.2) is 0 Å². The van der Waals surface area contributed by atoms with Crippen LogP contribution in [0.4, 0.5) is 4.79 Å². The fraction of sp³-hybridized carbons (Fsp3) is 0.471. The third kappa shape index (κ3) is 5.46. The molecular formula is C17H24N4O4. The van der Waals surface area contributed by atoms with Crippen LogP contribution in [0.3, 0.4) is 0 Å². The molecule has 0 bridgehead atoms. The van der Waals surface area contributed by atoms with Crippen molar-refractivity contribution in [1.29, 1.82) is 0 Å². The van der Waals surface area contributed by atoms with Gasteiger partial charge in [0.05, 0.1) is 6.54 Å². The van der Waals surface area contributed by atoms with Crippen LogP contribution in [-0.2, 0) is 11.3 Å². The summed E-state index contributed by atoms with van der Waals surface area (Å²) in [6.07, 6.45) is 1.51. The minimum atomic E-state index is -0.833. The average Bonchev–Trinajstić information content (AvgIpc) is 2.54. The number of carboxylic acid groups (broad SMARTS) is 1. The van der Waals surface area contributed by atoms with E-state index in [0.717, 1.165) is 18.4 Å². The normalized spacial score (nSPS) is 19.1. The standard InChI is InChI=1S/C17H24N4O4/c1-2-21(10-15(22)23)14-7-13(8-14)20-16(24)12-5-3-11(4-6-12)9-19-17(18)25/h3-6,13-14H,2,7-10H2,1H3,(H,20,24)(H,22,23)(H3,18,19,25). The van der Waals surface area contributed by atoms with Crippen LogP contribution in [0.1, 0.15) is 35.7 Å². The minimum Gasteiger partial charge on any atom is -0.480 e. The van der Waals surface area contributed by atoms with Gasteiger partial charge in [0.2, 0.25) is 0 Å². The molecule has 8 heteroatoms. The first-order valence-electron chi connectivity index (χ1n) is 8.28. The van der Waals surface area contributed by atoms with Gasteiger partial charge in [0.1, 0.15) is 0 Å². The summed E-state index contributed by atoms with van der Waals surface area (Å²) in [6.45, 7) is 2.96. The van der Waals surface area contributed by atoms with Gasteiger partial charge in [-0.3, -0.25) is 14.5 Å². The summed E-state index contributed by atoms with van der Waals surface area (Å²) in [5.74, 6) is -0.987. The van der Waals surface area contributed by atoms with E-state index in [1.165, 1.54) is 0 Å². The van der Waals surface area contributed by atoms with Crippen LogP contribution in [0.5, 0.6) is 0 Å². The van der Waals surface area contributed by atoms with E-state index in [1.54, 1.807) is 24.3 Å². The summed E-state index contributed by atoms with van der Waals surface area (Å²) in [6, 6.07) is 6.61. The molecule has 0 aliphatic heterocycles. The predicted molar refractivity (Wildman–Crippen MR) is 92.0 cm³/mol. The number of nitrogens with zero attached hydrogens (tertiary/aromatic N) is 1. The number of carboxylic acids is 1. The van der Waals surface area contributed by atoms with Gasteiger partial charge in [0.25, 0.3) is 5.91 Å². The zero-order chi connectivity index (χ0) is 18.4. The Bertz CT molecular complexity index is 626. The number of carbonyl (C=O) groups excluding carboxylic acids is 2. The number of carbonyl (C=O) groups is 3. The Kier molecular flexibility index (Phi) is 6.35. The molecule has 1 fully saturated rings. The van der Waals surface area contributed by atoms with Gasteiger partial charge >= 0.3 is 12.0 Å². The first kappa shape index (κ1) is 18.7. The Balaban J connectivity index is 1.79. The number of nitrogens with one attached hydrogen (secondary N) is 2. The van der Waals surface area contributed by atoms with E-state index < -0.39 is 12.0 Å². The monoisotopic (exact) mass is 348 g/mol. The third-order valence-corrected chi connectivity index (χ3v) is 4.39. The van der Waals surface area contributed by atoms with Crippen LogP contribution in [-0.4, -0.2) is 53.1 Å². The maximum absolute atomic E-state index is 12.2. The Morgan fingerprint density at radius 3 is 2.40 bits per heavy atom. The molecule has 1 aliphatic carbocycles. The van der Waals surface area contributed by atoms with E-state index in [-0.39, 0.29) is 24.5 Å². The van der Waals surface area contributed by atoms with E-state index in [0.29, 0.717) is 18.7 Å².